The molecule has 3 rings (SSSR count). The lowest BCUT2D eigenvalue weighted by molar-refractivity contribution is 0.0678. The summed E-state index contributed by atoms with van der Waals surface area (Å²) in [5.74, 6) is -0.332. The predicted octanol–water partition coefficient (Wildman–Crippen LogP) is 3.57. The Kier molecular flexibility index (Phi) is 7.10. The molecular weight excluding hydrogens is 407 g/mol. The molecule has 0 radical (unpaired) electrons. The van der Waals surface area contributed by atoms with E-state index in [2.05, 4.69) is 4.72 Å². The molecule has 0 spiro atoms. The van der Waals surface area contributed by atoms with Gasteiger partial charge in [0.25, 0.3) is 0 Å². The van der Waals surface area contributed by atoms with Gasteiger partial charge >= 0.3 is 6.09 Å². The lowest BCUT2D eigenvalue weighted by atomic mass is 9.90. The zero-order chi connectivity index (χ0) is 21.7. The first-order valence-corrected chi connectivity index (χ1v) is 11.9. The highest BCUT2D eigenvalue weighted by Crippen LogP contribution is 2.27. The van der Waals surface area contributed by atoms with E-state index in [0.29, 0.717) is 31.4 Å². The Labute approximate surface area is 177 Å². The Bertz CT molecular complexity index is 982. The minimum absolute atomic E-state index is 0.237. The summed E-state index contributed by atoms with van der Waals surface area (Å²) in [6.45, 7) is 2.45. The maximum atomic E-state index is 14.5. The Morgan fingerprint density at radius 1 is 1.23 bits per heavy atom. The van der Waals surface area contributed by atoms with E-state index in [0.717, 1.165) is 17.4 Å². The van der Waals surface area contributed by atoms with Crippen molar-refractivity contribution in [2.75, 3.05) is 19.4 Å². The Morgan fingerprint density at radius 2 is 1.97 bits per heavy atom. The fourth-order valence-corrected chi connectivity index (χ4v) is 4.76. The predicted molar refractivity (Wildman–Crippen MR) is 114 cm³/mol. The van der Waals surface area contributed by atoms with Crippen LogP contribution in [0.3, 0.4) is 0 Å². The molecule has 2 unspecified atom stereocenters. The molecule has 1 aliphatic rings. The molecule has 0 saturated carbocycles. The van der Waals surface area contributed by atoms with Crippen molar-refractivity contribution >= 4 is 16.1 Å². The zero-order valence-electron chi connectivity index (χ0n) is 17.2. The number of hydrogen-bond donors (Lipinski definition) is 1. The number of rotatable bonds is 6. The monoisotopic (exact) mass is 434 g/mol. The molecule has 30 heavy (non-hydrogen) atoms. The molecule has 2 atom stereocenters. The van der Waals surface area contributed by atoms with Gasteiger partial charge in [0.2, 0.25) is 10.0 Å². The normalized spacial score (nSPS) is 19.5. The van der Waals surface area contributed by atoms with Crippen LogP contribution in [0.1, 0.15) is 25.3 Å². The number of amides is 1. The van der Waals surface area contributed by atoms with Gasteiger partial charge in [-0.2, -0.15) is 0 Å². The maximum absolute atomic E-state index is 14.5. The van der Waals surface area contributed by atoms with Crippen LogP contribution < -0.4 is 4.72 Å². The topological polar surface area (TPSA) is 75.7 Å². The van der Waals surface area contributed by atoms with Crippen molar-refractivity contribution in [3.8, 4) is 11.1 Å². The highest BCUT2D eigenvalue weighted by Gasteiger charge is 2.36. The van der Waals surface area contributed by atoms with Crippen LogP contribution in [0.25, 0.3) is 11.1 Å². The maximum Gasteiger partial charge on any atom is 0.410 e. The Morgan fingerprint density at radius 3 is 2.63 bits per heavy atom. The Hall–Kier alpha value is -2.45. The number of ether oxygens (including phenoxy) is 1. The van der Waals surface area contributed by atoms with Gasteiger partial charge in [0, 0.05) is 18.2 Å². The number of carbonyl (C=O) groups excluding carboxylic acids is 1. The summed E-state index contributed by atoms with van der Waals surface area (Å²) < 4.78 is 46.1. The van der Waals surface area contributed by atoms with Crippen LogP contribution in [-0.2, 0) is 21.2 Å². The number of hydrogen-bond acceptors (Lipinski definition) is 4. The van der Waals surface area contributed by atoms with Gasteiger partial charge in [-0.25, -0.2) is 22.3 Å². The van der Waals surface area contributed by atoms with Gasteiger partial charge in [-0.05, 0) is 49.4 Å². The first kappa shape index (κ1) is 22.2. The van der Waals surface area contributed by atoms with E-state index in [1.807, 2.05) is 30.3 Å². The summed E-state index contributed by atoms with van der Waals surface area (Å²) in [6, 6.07) is 13.2. The van der Waals surface area contributed by atoms with E-state index in [4.69, 9.17) is 4.74 Å². The van der Waals surface area contributed by atoms with Crippen molar-refractivity contribution < 1.29 is 22.3 Å². The largest absolute Gasteiger partial charge is 0.450 e. The zero-order valence-corrected chi connectivity index (χ0v) is 18.0. The fraction of sp³-hybridized carbons (Fsp3) is 0.409. The van der Waals surface area contributed by atoms with Crippen LogP contribution in [0.15, 0.2) is 48.5 Å². The fourth-order valence-electron chi connectivity index (χ4n) is 3.93. The van der Waals surface area contributed by atoms with E-state index in [1.54, 1.807) is 24.0 Å². The molecule has 2 aromatic carbocycles. The minimum atomic E-state index is -3.46. The summed E-state index contributed by atoms with van der Waals surface area (Å²) >= 11 is 0. The third-order valence-corrected chi connectivity index (χ3v) is 5.94. The number of sulfonamides is 1. The van der Waals surface area contributed by atoms with Crippen LogP contribution in [0.2, 0.25) is 0 Å². The molecule has 1 amide bonds. The third kappa shape index (κ3) is 5.58. The third-order valence-electron chi connectivity index (χ3n) is 5.21. The minimum Gasteiger partial charge on any atom is -0.450 e. The molecule has 0 aliphatic carbocycles. The van der Waals surface area contributed by atoms with E-state index in [9.17, 15) is 17.6 Å². The average molecular weight is 435 g/mol. The van der Waals surface area contributed by atoms with Gasteiger partial charge in [-0.3, -0.25) is 0 Å². The second kappa shape index (κ2) is 9.57. The second-order valence-corrected chi connectivity index (χ2v) is 9.26. The van der Waals surface area contributed by atoms with Gasteiger partial charge < -0.3 is 9.64 Å². The molecule has 0 bridgehead atoms. The highest BCUT2D eigenvalue weighted by molar-refractivity contribution is 7.88. The molecule has 8 heteroatoms. The molecule has 2 aromatic rings. The molecular formula is C22H27FN2O4S. The first-order chi connectivity index (χ1) is 14.3. The number of halogens is 1. The summed E-state index contributed by atoms with van der Waals surface area (Å²) in [5.41, 5.74) is 2.05. The molecule has 6 nitrogen and oxygen atoms in total. The van der Waals surface area contributed by atoms with E-state index in [1.165, 1.54) is 6.07 Å². The lowest BCUT2D eigenvalue weighted by Gasteiger charge is -2.40. The summed E-state index contributed by atoms with van der Waals surface area (Å²) in [6.07, 6.45) is 2.31. The molecule has 1 saturated heterocycles. The standard InChI is InChI=1S/C22H27FN2O4S/c1-3-29-22(26)25-13-7-10-20(24-30(2,27)28)21(25)15-16-11-12-19(23)18(14-16)17-8-5-4-6-9-17/h4-6,8-9,11-12,14,20-21,24H,3,7,10,13,15H2,1-2H3. The van der Waals surface area contributed by atoms with Gasteiger partial charge in [0.15, 0.2) is 0 Å². The highest BCUT2D eigenvalue weighted by atomic mass is 32.2. The molecule has 1 N–H and O–H groups in total. The van der Waals surface area contributed by atoms with E-state index >= 15 is 0 Å². The van der Waals surface area contributed by atoms with Gasteiger partial charge in [-0.15, -0.1) is 0 Å². The van der Waals surface area contributed by atoms with Crippen LogP contribution >= 0.6 is 0 Å². The average Bonchev–Trinajstić information content (AvgIpc) is 2.70. The van der Waals surface area contributed by atoms with Crippen molar-refractivity contribution in [3.63, 3.8) is 0 Å². The van der Waals surface area contributed by atoms with Gasteiger partial charge in [0.1, 0.15) is 5.82 Å². The molecule has 1 heterocycles. The smallest absolute Gasteiger partial charge is 0.410 e. The lowest BCUT2D eigenvalue weighted by Crippen LogP contribution is -2.57. The van der Waals surface area contributed by atoms with E-state index < -0.39 is 28.2 Å². The summed E-state index contributed by atoms with van der Waals surface area (Å²) in [7, 11) is -3.46. The van der Waals surface area contributed by atoms with Crippen molar-refractivity contribution in [1.29, 1.82) is 0 Å². The van der Waals surface area contributed by atoms with Crippen molar-refractivity contribution in [3.05, 3.63) is 59.9 Å². The number of nitrogens with zero attached hydrogens (tertiary/aromatic N) is 1. The van der Waals surface area contributed by atoms with Crippen molar-refractivity contribution in [2.24, 2.45) is 0 Å². The quantitative estimate of drug-likeness (QED) is 0.754. The van der Waals surface area contributed by atoms with Gasteiger partial charge in [0.05, 0.1) is 18.9 Å². The second-order valence-electron chi connectivity index (χ2n) is 7.48. The van der Waals surface area contributed by atoms with E-state index in [-0.39, 0.29) is 12.4 Å². The molecule has 162 valence electrons. The van der Waals surface area contributed by atoms with Crippen LogP contribution in [-0.4, -0.2) is 50.9 Å². The number of nitrogens with one attached hydrogen (secondary N) is 1. The number of piperidine rings is 1. The summed E-state index contributed by atoms with van der Waals surface area (Å²) in [4.78, 5) is 14.1. The molecule has 1 fully saturated rings. The van der Waals surface area contributed by atoms with Crippen LogP contribution in [0.5, 0.6) is 0 Å². The van der Waals surface area contributed by atoms with Gasteiger partial charge in [-0.1, -0.05) is 36.4 Å². The molecule has 1 aliphatic heterocycles. The number of likely N-dealkylation sites (tertiary alicyclic amines) is 1. The van der Waals surface area contributed by atoms with Crippen molar-refractivity contribution in [2.45, 2.75) is 38.3 Å². The number of benzene rings is 2. The van der Waals surface area contributed by atoms with Crippen molar-refractivity contribution in [1.82, 2.24) is 9.62 Å². The molecule has 0 aromatic heterocycles. The van der Waals surface area contributed by atoms with Crippen LogP contribution in [0, 0.1) is 5.82 Å². The SMILES string of the molecule is CCOC(=O)N1CCCC(NS(C)(=O)=O)C1Cc1ccc(F)c(-c2ccccc2)c1. The Balaban J connectivity index is 1.93. The summed E-state index contributed by atoms with van der Waals surface area (Å²) in [5, 5.41) is 0. The van der Waals surface area contributed by atoms with Crippen LogP contribution in [0.4, 0.5) is 9.18 Å². The number of carbonyl (C=O) groups is 1. The first-order valence-electron chi connectivity index (χ1n) is 10.0.